The molecule has 0 nitrogen and oxygen atoms in total. The third kappa shape index (κ3) is 65.5. The molecule has 0 heterocycles. The van der Waals surface area contributed by atoms with Crippen molar-refractivity contribution in [3.8, 4) is 0 Å². The second kappa shape index (κ2) is 46.3. The average molecular weight is 431 g/mol. The predicted octanol–water partition coefficient (Wildman–Crippen LogP) is 11.7. The summed E-state index contributed by atoms with van der Waals surface area (Å²) in [5, 5.41) is 0. The lowest BCUT2D eigenvalue weighted by Gasteiger charge is -1.88. The first kappa shape index (κ1) is 42.9. The molecule has 0 unspecified atom stereocenters. The summed E-state index contributed by atoms with van der Waals surface area (Å²) in [6.07, 6.45) is 7.87. The summed E-state index contributed by atoms with van der Waals surface area (Å²) in [5.74, 6) is 0. The van der Waals surface area contributed by atoms with Gasteiger partial charge in [0, 0.05) is 0 Å². The zero-order valence-corrected chi connectivity index (χ0v) is 23.8. The van der Waals surface area contributed by atoms with Crippen molar-refractivity contribution in [2.45, 2.75) is 109 Å². The maximum atomic E-state index is 3.52. The summed E-state index contributed by atoms with van der Waals surface area (Å²) >= 11 is 0. The highest BCUT2D eigenvalue weighted by molar-refractivity contribution is 5.18. The molecule has 0 bridgehead atoms. The summed E-state index contributed by atoms with van der Waals surface area (Å²) in [5.41, 5.74) is 8.12. The van der Waals surface area contributed by atoms with Crippen LogP contribution in [0.25, 0.3) is 0 Å². The van der Waals surface area contributed by atoms with Gasteiger partial charge in [-0.1, -0.05) is 127 Å². The molecule has 31 heavy (non-hydrogen) atoms. The van der Waals surface area contributed by atoms with E-state index >= 15 is 0 Å². The molecule has 0 fully saturated rings. The van der Waals surface area contributed by atoms with Gasteiger partial charge in [-0.15, -0.1) is 18.9 Å². The minimum Gasteiger partial charge on any atom is -0.130 e. The van der Waals surface area contributed by atoms with Gasteiger partial charge >= 0.3 is 0 Å². The lowest BCUT2D eigenvalue weighted by molar-refractivity contribution is 0.908. The molecule has 0 radical (unpaired) electrons. The van der Waals surface area contributed by atoms with Crippen molar-refractivity contribution in [3.05, 3.63) is 90.2 Å². The van der Waals surface area contributed by atoms with Gasteiger partial charge in [0.15, 0.2) is 0 Å². The smallest absolute Gasteiger partial charge is 0.0250 e. The van der Waals surface area contributed by atoms with Gasteiger partial charge in [0.25, 0.3) is 0 Å². The molecule has 1 rings (SSSR count). The van der Waals surface area contributed by atoms with Crippen molar-refractivity contribution in [2.24, 2.45) is 0 Å². The van der Waals surface area contributed by atoms with Crippen LogP contribution in [0, 0.1) is 6.92 Å². The van der Waals surface area contributed by atoms with Gasteiger partial charge in [-0.3, -0.25) is 0 Å². The highest BCUT2D eigenvalue weighted by Crippen LogP contribution is 1.99. The zero-order chi connectivity index (χ0) is 26.1. The zero-order valence-electron chi connectivity index (χ0n) is 23.8. The number of hydrogen-bond donors (Lipinski definition) is 0. The summed E-state index contributed by atoms with van der Waals surface area (Å²) in [4.78, 5) is 0. The van der Waals surface area contributed by atoms with E-state index in [4.69, 9.17) is 0 Å². The highest BCUT2D eigenvalue weighted by Gasteiger charge is 1.79. The molecule has 0 aliphatic rings. The topological polar surface area (TPSA) is 0 Å². The first-order chi connectivity index (χ1) is 14.8. The molecule has 0 spiro atoms. The Morgan fingerprint density at radius 3 is 1.39 bits per heavy atom. The first-order valence-corrected chi connectivity index (χ1v) is 11.9. The number of hydrogen-bond acceptors (Lipinski definition) is 0. The van der Waals surface area contributed by atoms with Crippen molar-refractivity contribution in [2.75, 3.05) is 0 Å². The van der Waals surface area contributed by atoms with E-state index in [0.29, 0.717) is 0 Å². The van der Waals surface area contributed by atoms with Gasteiger partial charge < -0.3 is 0 Å². The van der Waals surface area contributed by atoms with Gasteiger partial charge in [-0.05, 0) is 53.5 Å². The molecule has 0 atom stereocenters. The monoisotopic (exact) mass is 430 g/mol. The molecule has 1 aromatic rings. The van der Waals surface area contributed by atoms with E-state index in [9.17, 15) is 0 Å². The van der Waals surface area contributed by atoms with Crippen LogP contribution in [0.1, 0.15) is 108 Å². The second-order valence-electron chi connectivity index (χ2n) is 6.32. The minimum atomic E-state index is 1.14. The molecule has 0 aliphatic carbocycles. The summed E-state index contributed by atoms with van der Waals surface area (Å²) < 4.78 is 0. The fraction of sp³-hybridized carbons (Fsp3) is 0.516. The van der Waals surface area contributed by atoms with E-state index < -0.39 is 0 Å². The molecule has 0 N–H and O–H groups in total. The van der Waals surface area contributed by atoms with Crippen molar-refractivity contribution >= 4 is 0 Å². The summed E-state index contributed by atoms with van der Waals surface area (Å²) in [6.45, 7) is 36.4. The van der Waals surface area contributed by atoms with Crippen molar-refractivity contribution in [1.82, 2.24) is 0 Å². The highest BCUT2D eigenvalue weighted by atomic mass is 13.8. The van der Waals surface area contributed by atoms with Crippen LogP contribution in [-0.2, 0) is 0 Å². The average Bonchev–Trinajstić information content (AvgIpc) is 2.79. The fourth-order valence-corrected chi connectivity index (χ4v) is 1.54. The molecule has 0 amide bonds. The number of rotatable bonds is 3. The van der Waals surface area contributed by atoms with Crippen LogP contribution < -0.4 is 0 Å². The molecule has 0 saturated carbocycles. The van der Waals surface area contributed by atoms with E-state index in [2.05, 4.69) is 112 Å². The quantitative estimate of drug-likeness (QED) is 0.254. The summed E-state index contributed by atoms with van der Waals surface area (Å²) in [7, 11) is 0. The van der Waals surface area contributed by atoms with E-state index in [0.717, 1.165) is 6.42 Å². The van der Waals surface area contributed by atoms with Crippen LogP contribution >= 0.6 is 0 Å². The third-order valence-electron chi connectivity index (χ3n) is 2.84. The molecular weight excluding hydrogens is 372 g/mol. The van der Waals surface area contributed by atoms with Gasteiger partial charge in [0.2, 0.25) is 0 Å². The Hall–Kier alpha value is -2.04. The maximum absolute atomic E-state index is 3.52. The van der Waals surface area contributed by atoms with E-state index in [1.807, 2.05) is 45.9 Å². The van der Waals surface area contributed by atoms with Crippen molar-refractivity contribution < 1.29 is 0 Å². The van der Waals surface area contributed by atoms with Crippen LogP contribution in [0.5, 0.6) is 0 Å². The van der Waals surface area contributed by atoms with Gasteiger partial charge in [0.05, 0.1) is 0 Å². The standard InChI is InChI=1S/C8H14.C7H8.C7H12.C3H8.2C2H6.C2H4/c1-5-8(4)6-7(2)3;1-7-5-3-2-4-6-7;1-4-6-7(3)5-2;1-3-2;3*1-2/h5-6H,1-4H3;2-6H,1H3;2,4,6H2,1,3H3;3H2,1-2H3;2*1-2H3;1-2H2/b8-5-;;;;;;. The Kier molecular flexibility index (Phi) is 64.1. The Morgan fingerprint density at radius 1 is 0.871 bits per heavy atom. The number of allylic oxidation sites excluding steroid dienone is 5. The van der Waals surface area contributed by atoms with Crippen LogP contribution in [0.4, 0.5) is 0 Å². The lowest BCUT2D eigenvalue weighted by atomic mass is 10.2. The van der Waals surface area contributed by atoms with Crippen molar-refractivity contribution in [1.29, 1.82) is 0 Å². The Bertz CT molecular complexity index is 504. The van der Waals surface area contributed by atoms with E-state index in [1.165, 1.54) is 35.1 Å². The van der Waals surface area contributed by atoms with E-state index in [-0.39, 0.29) is 0 Å². The van der Waals surface area contributed by atoms with Crippen LogP contribution in [0.2, 0.25) is 0 Å². The fourth-order valence-electron chi connectivity index (χ4n) is 1.54. The summed E-state index contributed by atoms with van der Waals surface area (Å²) in [6, 6.07) is 10.3. The molecule has 182 valence electrons. The minimum absolute atomic E-state index is 1.14. The van der Waals surface area contributed by atoms with Crippen LogP contribution in [0.3, 0.4) is 0 Å². The van der Waals surface area contributed by atoms with E-state index in [1.54, 1.807) is 0 Å². The third-order valence-corrected chi connectivity index (χ3v) is 2.84. The van der Waals surface area contributed by atoms with Crippen molar-refractivity contribution in [3.63, 3.8) is 0 Å². The van der Waals surface area contributed by atoms with Gasteiger partial charge in [0.1, 0.15) is 0 Å². The van der Waals surface area contributed by atoms with Gasteiger partial charge in [-0.25, -0.2) is 0 Å². The predicted molar refractivity (Wildman–Crippen MR) is 153 cm³/mol. The molecule has 1 aromatic carbocycles. The lowest BCUT2D eigenvalue weighted by Crippen LogP contribution is -1.68. The first-order valence-electron chi connectivity index (χ1n) is 11.9. The SMILES string of the molecule is C/C=C(/C)C=C(C)C.C=C.C=C=C(C)CCC.CC.CC.CCC.Cc1ccccc1. The molecule has 0 aliphatic heterocycles. The molecule has 0 saturated heterocycles. The Labute approximate surface area is 199 Å². The normalized spacial score (nSPS) is 7.71. The van der Waals surface area contributed by atoms with Crippen LogP contribution in [-0.4, -0.2) is 0 Å². The largest absolute Gasteiger partial charge is 0.130 e. The van der Waals surface area contributed by atoms with Gasteiger partial charge in [-0.2, -0.15) is 0 Å². The molecule has 0 heteroatoms. The molecular formula is C31H58. The Balaban J connectivity index is -0.0000000638. The second-order valence-corrected chi connectivity index (χ2v) is 6.32. The number of aryl methyl sites for hydroxylation is 1. The Morgan fingerprint density at radius 2 is 1.26 bits per heavy atom. The maximum Gasteiger partial charge on any atom is -0.0250 e. The van der Waals surface area contributed by atoms with Crippen LogP contribution in [0.15, 0.2) is 84.7 Å². The molecule has 0 aromatic heterocycles. The number of benzene rings is 1.